The van der Waals surface area contributed by atoms with E-state index in [1.54, 1.807) is 23.7 Å². The summed E-state index contributed by atoms with van der Waals surface area (Å²) in [5, 5.41) is 14.2. The topological polar surface area (TPSA) is 82.3 Å². The van der Waals surface area contributed by atoms with Gasteiger partial charge in [-0.2, -0.15) is 5.10 Å². The average Bonchev–Trinajstić information content (AvgIpc) is 3.22. The predicted molar refractivity (Wildman–Crippen MR) is 85.1 cm³/mol. The molecule has 3 heterocycles. The van der Waals surface area contributed by atoms with Crippen LogP contribution in [0.15, 0.2) is 29.9 Å². The van der Waals surface area contributed by atoms with E-state index in [-0.39, 0.29) is 12.1 Å². The number of urea groups is 1. The van der Waals surface area contributed by atoms with Gasteiger partial charge in [-0.15, -0.1) is 11.3 Å². The Labute approximate surface area is 132 Å². The van der Waals surface area contributed by atoms with Crippen LogP contribution >= 0.6 is 11.3 Å². The first kappa shape index (κ1) is 15.0. The van der Waals surface area contributed by atoms with Gasteiger partial charge in [-0.1, -0.05) is 6.07 Å². The molecule has 0 unspecified atom stereocenters. The Morgan fingerprint density at radius 3 is 3.05 bits per heavy atom. The minimum Gasteiger partial charge on any atom is -0.379 e. The molecule has 22 heavy (non-hydrogen) atoms. The lowest BCUT2D eigenvalue weighted by Crippen LogP contribution is -2.44. The summed E-state index contributed by atoms with van der Waals surface area (Å²) >= 11 is 1.71. The zero-order valence-corrected chi connectivity index (χ0v) is 12.9. The fourth-order valence-electron chi connectivity index (χ4n) is 2.46. The lowest BCUT2D eigenvalue weighted by Gasteiger charge is -2.34. The Bertz CT molecular complexity index is 566. The van der Waals surface area contributed by atoms with E-state index in [0.29, 0.717) is 12.2 Å². The molecular formula is C14H19N5O2S. The van der Waals surface area contributed by atoms with E-state index in [2.05, 4.69) is 37.2 Å². The molecule has 7 nitrogen and oxygen atoms in total. The summed E-state index contributed by atoms with van der Waals surface area (Å²) in [6.07, 6.45) is 3.20. The third-order valence-electron chi connectivity index (χ3n) is 3.57. The molecule has 1 atom stereocenters. The molecule has 1 fully saturated rings. The predicted octanol–water partition coefficient (Wildman–Crippen LogP) is 1.67. The van der Waals surface area contributed by atoms with Crippen molar-refractivity contribution in [1.29, 1.82) is 0 Å². The van der Waals surface area contributed by atoms with E-state index < -0.39 is 0 Å². The molecule has 3 N–H and O–H groups in total. The van der Waals surface area contributed by atoms with Crippen LogP contribution in [0, 0.1) is 0 Å². The number of ether oxygens (including phenoxy) is 1. The van der Waals surface area contributed by atoms with Gasteiger partial charge in [-0.3, -0.25) is 10.00 Å². The molecule has 0 spiro atoms. The SMILES string of the molecule is O=C(NC[C@@H](c1cccs1)N1CCOCC1)Nc1cn[nH]c1. The minimum absolute atomic E-state index is 0.180. The number of amides is 2. The first-order valence-electron chi connectivity index (χ1n) is 7.22. The number of H-pyrrole nitrogens is 1. The fourth-order valence-corrected chi connectivity index (χ4v) is 3.32. The fraction of sp³-hybridized carbons (Fsp3) is 0.429. The lowest BCUT2D eigenvalue weighted by molar-refractivity contribution is 0.0175. The van der Waals surface area contributed by atoms with Gasteiger partial charge in [0.1, 0.15) is 0 Å². The van der Waals surface area contributed by atoms with E-state index in [1.165, 1.54) is 4.88 Å². The lowest BCUT2D eigenvalue weighted by atomic mass is 10.2. The summed E-state index contributed by atoms with van der Waals surface area (Å²) in [4.78, 5) is 15.6. The van der Waals surface area contributed by atoms with Crippen molar-refractivity contribution in [1.82, 2.24) is 20.4 Å². The van der Waals surface area contributed by atoms with Crippen LogP contribution in [0.4, 0.5) is 10.5 Å². The Kier molecular flexibility index (Phi) is 5.04. The van der Waals surface area contributed by atoms with Gasteiger partial charge in [-0.05, 0) is 11.4 Å². The number of aromatic nitrogens is 2. The van der Waals surface area contributed by atoms with Crippen molar-refractivity contribution in [2.75, 3.05) is 38.2 Å². The number of rotatable bonds is 5. The van der Waals surface area contributed by atoms with E-state index in [4.69, 9.17) is 4.74 Å². The van der Waals surface area contributed by atoms with Crippen molar-refractivity contribution in [2.24, 2.45) is 0 Å². The highest BCUT2D eigenvalue weighted by Gasteiger charge is 2.23. The molecule has 2 aromatic heterocycles. The smallest absolute Gasteiger partial charge is 0.319 e. The largest absolute Gasteiger partial charge is 0.379 e. The van der Waals surface area contributed by atoms with Gasteiger partial charge in [0.05, 0.1) is 31.1 Å². The second-order valence-electron chi connectivity index (χ2n) is 5.00. The molecule has 0 bridgehead atoms. The Balaban J connectivity index is 1.59. The van der Waals surface area contributed by atoms with Gasteiger partial charge < -0.3 is 15.4 Å². The molecule has 3 rings (SSSR count). The van der Waals surface area contributed by atoms with Crippen LogP contribution in [0.2, 0.25) is 0 Å². The van der Waals surface area contributed by atoms with Crippen molar-refractivity contribution in [3.05, 3.63) is 34.8 Å². The minimum atomic E-state index is -0.226. The summed E-state index contributed by atoms with van der Waals surface area (Å²) in [6, 6.07) is 4.11. The Morgan fingerprint density at radius 2 is 2.36 bits per heavy atom. The normalized spacial score (nSPS) is 17.1. The number of hydrogen-bond acceptors (Lipinski definition) is 5. The summed E-state index contributed by atoms with van der Waals surface area (Å²) in [5.41, 5.74) is 0.650. The van der Waals surface area contributed by atoms with Crippen LogP contribution < -0.4 is 10.6 Å². The number of aromatic amines is 1. The van der Waals surface area contributed by atoms with Crippen LogP contribution in [0.1, 0.15) is 10.9 Å². The zero-order chi connectivity index (χ0) is 15.2. The molecular weight excluding hydrogens is 302 g/mol. The first-order chi connectivity index (χ1) is 10.8. The molecule has 8 heteroatoms. The number of nitrogens with one attached hydrogen (secondary N) is 3. The van der Waals surface area contributed by atoms with Gasteiger partial charge in [-0.25, -0.2) is 4.79 Å². The van der Waals surface area contributed by atoms with E-state index in [0.717, 1.165) is 26.3 Å². The van der Waals surface area contributed by atoms with E-state index in [9.17, 15) is 4.79 Å². The molecule has 1 saturated heterocycles. The summed E-state index contributed by atoms with van der Waals surface area (Å²) < 4.78 is 5.41. The van der Waals surface area contributed by atoms with Crippen molar-refractivity contribution < 1.29 is 9.53 Å². The Hall–Kier alpha value is -1.90. The molecule has 0 aliphatic carbocycles. The van der Waals surface area contributed by atoms with Crippen LogP contribution in [-0.4, -0.2) is 54.0 Å². The third kappa shape index (κ3) is 3.85. The van der Waals surface area contributed by atoms with E-state index >= 15 is 0 Å². The number of anilines is 1. The molecule has 0 aromatic carbocycles. The van der Waals surface area contributed by atoms with Gasteiger partial charge in [0.2, 0.25) is 0 Å². The van der Waals surface area contributed by atoms with Gasteiger partial charge >= 0.3 is 6.03 Å². The molecule has 118 valence electrons. The third-order valence-corrected chi connectivity index (χ3v) is 4.54. The summed E-state index contributed by atoms with van der Waals surface area (Å²) in [7, 11) is 0. The molecule has 1 aliphatic heterocycles. The van der Waals surface area contributed by atoms with Crippen molar-refractivity contribution in [3.63, 3.8) is 0 Å². The van der Waals surface area contributed by atoms with Crippen molar-refractivity contribution in [3.8, 4) is 0 Å². The van der Waals surface area contributed by atoms with Crippen LogP contribution in [0.5, 0.6) is 0 Å². The highest BCUT2D eigenvalue weighted by Crippen LogP contribution is 2.25. The monoisotopic (exact) mass is 321 g/mol. The molecule has 0 radical (unpaired) electrons. The molecule has 2 aromatic rings. The quantitative estimate of drug-likeness (QED) is 0.782. The Morgan fingerprint density at radius 1 is 1.50 bits per heavy atom. The maximum atomic E-state index is 12.0. The number of hydrogen-bond donors (Lipinski definition) is 3. The van der Waals surface area contributed by atoms with Gasteiger partial charge in [0, 0.05) is 30.7 Å². The molecule has 2 amide bonds. The maximum Gasteiger partial charge on any atom is 0.319 e. The van der Waals surface area contributed by atoms with Gasteiger partial charge in [0.25, 0.3) is 0 Å². The van der Waals surface area contributed by atoms with Crippen LogP contribution in [0.3, 0.4) is 0 Å². The molecule has 1 aliphatic rings. The standard InChI is InChI=1S/C14H19N5O2S/c20-14(18-11-8-16-17-9-11)15-10-12(13-2-1-7-22-13)19-3-5-21-6-4-19/h1-2,7-9,12H,3-6,10H2,(H,16,17)(H2,15,18,20)/t12-/m0/s1. The maximum absolute atomic E-state index is 12.0. The summed E-state index contributed by atoms with van der Waals surface area (Å²) in [5.74, 6) is 0. The van der Waals surface area contributed by atoms with Crippen molar-refractivity contribution >= 4 is 23.1 Å². The number of thiophene rings is 1. The number of morpholine rings is 1. The number of carbonyl (C=O) groups excluding carboxylic acids is 1. The average molecular weight is 321 g/mol. The number of carbonyl (C=O) groups is 1. The van der Waals surface area contributed by atoms with Gasteiger partial charge in [0.15, 0.2) is 0 Å². The highest BCUT2D eigenvalue weighted by atomic mass is 32.1. The highest BCUT2D eigenvalue weighted by molar-refractivity contribution is 7.10. The molecule has 0 saturated carbocycles. The summed E-state index contributed by atoms with van der Waals surface area (Å²) in [6.45, 7) is 3.80. The second kappa shape index (κ2) is 7.39. The zero-order valence-electron chi connectivity index (χ0n) is 12.1. The van der Waals surface area contributed by atoms with E-state index in [1.807, 2.05) is 6.07 Å². The second-order valence-corrected chi connectivity index (χ2v) is 5.98. The van der Waals surface area contributed by atoms with Crippen molar-refractivity contribution in [2.45, 2.75) is 6.04 Å². The number of nitrogens with zero attached hydrogens (tertiary/aromatic N) is 2. The van der Waals surface area contributed by atoms with Crippen LogP contribution in [-0.2, 0) is 4.74 Å². The van der Waals surface area contributed by atoms with Crippen LogP contribution in [0.25, 0.3) is 0 Å². The first-order valence-corrected chi connectivity index (χ1v) is 8.10.